The lowest BCUT2D eigenvalue weighted by Gasteiger charge is -2.34. The maximum atomic E-state index is 15.0. The van der Waals surface area contributed by atoms with E-state index in [1.54, 1.807) is 18.3 Å². The van der Waals surface area contributed by atoms with Gasteiger partial charge in [-0.3, -0.25) is 24.3 Å². The second-order valence-electron chi connectivity index (χ2n) is 9.94. The molecule has 0 spiro atoms. The summed E-state index contributed by atoms with van der Waals surface area (Å²) in [5.74, 6) is -1.18. The number of ether oxygens (including phenoxy) is 2. The van der Waals surface area contributed by atoms with Crippen LogP contribution in [0.5, 0.6) is 11.5 Å². The number of aliphatic hydroxyl groups excluding tert-OH is 1. The second kappa shape index (κ2) is 13.1. The Balaban J connectivity index is 1.44. The van der Waals surface area contributed by atoms with E-state index in [1.807, 2.05) is 0 Å². The number of aliphatic hydroxyl groups is 1. The summed E-state index contributed by atoms with van der Waals surface area (Å²) in [4.78, 5) is 22.0. The molecule has 1 saturated heterocycles. The third-order valence-electron chi connectivity index (χ3n) is 7.17. The molecule has 0 radical (unpaired) electrons. The number of amides is 1. The molecule has 1 amide bonds. The van der Waals surface area contributed by atoms with Gasteiger partial charge in [0.15, 0.2) is 23.1 Å². The number of methoxy groups -OCH3 is 1. The van der Waals surface area contributed by atoms with Gasteiger partial charge in [0.25, 0.3) is 0 Å². The van der Waals surface area contributed by atoms with Gasteiger partial charge in [-0.2, -0.15) is 5.10 Å². The van der Waals surface area contributed by atoms with Crippen molar-refractivity contribution in [2.75, 3.05) is 76.5 Å². The molecule has 224 valence electrons. The first kappa shape index (κ1) is 29.2. The summed E-state index contributed by atoms with van der Waals surface area (Å²) in [6.07, 6.45) is 3.08. The number of aromatic nitrogens is 2. The van der Waals surface area contributed by atoms with Crippen molar-refractivity contribution in [1.82, 2.24) is 19.6 Å². The van der Waals surface area contributed by atoms with E-state index < -0.39 is 17.5 Å². The summed E-state index contributed by atoms with van der Waals surface area (Å²) in [7, 11) is 1.53. The van der Waals surface area contributed by atoms with E-state index in [0.29, 0.717) is 46.7 Å². The Morgan fingerprint density at radius 1 is 1.12 bits per heavy atom. The Kier molecular flexibility index (Phi) is 9.15. The average molecular weight is 585 g/mol. The minimum atomic E-state index is -1.01. The van der Waals surface area contributed by atoms with E-state index in [-0.39, 0.29) is 25.5 Å². The zero-order valence-corrected chi connectivity index (χ0v) is 23.3. The van der Waals surface area contributed by atoms with Gasteiger partial charge in [-0.25, -0.2) is 8.78 Å². The Bertz CT molecular complexity index is 1540. The van der Waals surface area contributed by atoms with Crippen molar-refractivity contribution in [2.24, 2.45) is 10.7 Å². The summed E-state index contributed by atoms with van der Waals surface area (Å²) in [6.45, 7) is 5.48. The monoisotopic (exact) mass is 584 g/mol. The molecule has 4 N–H and O–H groups in total. The first-order valence-electron chi connectivity index (χ1n) is 13.6. The average Bonchev–Trinajstić information content (AvgIpc) is 3.41. The Morgan fingerprint density at radius 3 is 2.60 bits per heavy atom. The number of carbonyl (C=O) groups is 1. The number of β-amino-alcohol motifs (C(OH)–C–C–N with tert-alkyl or cyclic N) is 1. The van der Waals surface area contributed by atoms with Crippen LogP contribution in [0.15, 0.2) is 47.7 Å². The zero-order chi connectivity index (χ0) is 29.6. The van der Waals surface area contributed by atoms with Crippen molar-refractivity contribution < 1.29 is 28.2 Å². The fourth-order valence-corrected chi connectivity index (χ4v) is 5.01. The number of rotatable bonds is 12. The summed E-state index contributed by atoms with van der Waals surface area (Å²) >= 11 is 0. The number of nitrogens with one attached hydrogen (secondary N) is 1. The molecular formula is C28H34F2N8O4. The number of halogens is 2. The highest BCUT2D eigenvalue weighted by Gasteiger charge is 2.24. The predicted molar refractivity (Wildman–Crippen MR) is 151 cm³/mol. The minimum absolute atomic E-state index is 0.00481. The molecular weight excluding hydrogens is 550 g/mol. The number of anilines is 2. The van der Waals surface area contributed by atoms with Crippen molar-refractivity contribution in [3.63, 3.8) is 0 Å². The molecule has 0 unspecified atom stereocenters. The molecule has 2 aliphatic heterocycles. The van der Waals surface area contributed by atoms with Crippen LogP contribution < -0.4 is 36.0 Å². The molecule has 0 saturated carbocycles. The van der Waals surface area contributed by atoms with E-state index in [2.05, 4.69) is 25.2 Å². The highest BCUT2D eigenvalue weighted by Crippen LogP contribution is 2.28. The third kappa shape index (κ3) is 6.61. The van der Waals surface area contributed by atoms with Crippen LogP contribution in [0.25, 0.3) is 5.82 Å². The first-order chi connectivity index (χ1) is 20.4. The van der Waals surface area contributed by atoms with Crippen LogP contribution in [-0.2, 0) is 11.3 Å². The molecule has 0 aliphatic carbocycles. The lowest BCUT2D eigenvalue weighted by atomic mass is 10.2. The summed E-state index contributed by atoms with van der Waals surface area (Å²) < 4.78 is 42.3. The number of carbonyl (C=O) groups excluding carboxylic acids is 1. The molecule has 12 nitrogen and oxygen atoms in total. The summed E-state index contributed by atoms with van der Waals surface area (Å²) in [5.41, 5.74) is 5.78. The normalized spacial score (nSPS) is 15.7. The van der Waals surface area contributed by atoms with Gasteiger partial charge in [0, 0.05) is 56.8 Å². The van der Waals surface area contributed by atoms with Crippen molar-refractivity contribution in [3.05, 3.63) is 64.9 Å². The maximum absolute atomic E-state index is 15.0. The number of primary amides is 1. The van der Waals surface area contributed by atoms with Gasteiger partial charge in [0.2, 0.25) is 5.91 Å². The number of piperazine rings is 1. The van der Waals surface area contributed by atoms with Gasteiger partial charge in [-0.15, -0.1) is 0 Å². The molecule has 2 aromatic carbocycles. The fraction of sp³-hybridized carbons (Fsp3) is 0.393. The van der Waals surface area contributed by atoms with Gasteiger partial charge in [0.05, 0.1) is 36.6 Å². The molecule has 5 rings (SSSR count). The number of nitrogens with zero attached hydrogens (tertiary/aromatic N) is 6. The quantitative estimate of drug-likeness (QED) is 0.267. The first-order valence-corrected chi connectivity index (χ1v) is 13.6. The van der Waals surface area contributed by atoms with E-state index >= 15 is 0 Å². The Hall–Kier alpha value is -4.27. The number of hydrogen-bond acceptors (Lipinski definition) is 10. The van der Waals surface area contributed by atoms with Gasteiger partial charge in [-0.1, -0.05) is 6.07 Å². The third-order valence-corrected chi connectivity index (χ3v) is 7.17. The van der Waals surface area contributed by atoms with Crippen LogP contribution in [0.2, 0.25) is 0 Å². The number of benzene rings is 2. The van der Waals surface area contributed by atoms with Crippen molar-refractivity contribution in [3.8, 4) is 11.5 Å². The summed E-state index contributed by atoms with van der Waals surface area (Å²) in [6, 6.07) is 7.45. The van der Waals surface area contributed by atoms with Crippen LogP contribution in [0.3, 0.4) is 0 Å². The lowest BCUT2D eigenvalue weighted by Crippen LogP contribution is -2.48. The largest absolute Gasteiger partial charge is 0.493 e. The number of fused-ring (bicyclic) bond motifs is 1. The molecule has 3 heterocycles. The lowest BCUT2D eigenvalue weighted by molar-refractivity contribution is -0.118. The molecule has 0 bridgehead atoms. The van der Waals surface area contributed by atoms with E-state index in [9.17, 15) is 13.6 Å². The topological polar surface area (TPSA) is 134 Å². The van der Waals surface area contributed by atoms with Crippen molar-refractivity contribution in [2.45, 2.75) is 6.54 Å². The maximum Gasteiger partial charge on any atom is 0.239 e. The van der Waals surface area contributed by atoms with Crippen LogP contribution in [0, 0.1) is 11.6 Å². The molecule has 1 fully saturated rings. The minimum Gasteiger partial charge on any atom is -0.493 e. The van der Waals surface area contributed by atoms with Gasteiger partial charge in [-0.05, 0) is 18.2 Å². The fourth-order valence-electron chi connectivity index (χ4n) is 5.01. The summed E-state index contributed by atoms with van der Waals surface area (Å²) in [5, 5.41) is 17.7. The highest BCUT2D eigenvalue weighted by atomic mass is 19.2. The van der Waals surface area contributed by atoms with Crippen LogP contribution in [0.4, 0.5) is 20.2 Å². The SMILES string of the molecule is COc1cc2c(cc1OCCN1CCN(CCO)CC1)=NCN(c1cccc(F)c1F)C=2Nc1cnn(CC(N)=O)c1. The Morgan fingerprint density at radius 2 is 1.88 bits per heavy atom. The van der Waals surface area contributed by atoms with Crippen molar-refractivity contribution in [1.29, 1.82) is 0 Å². The smallest absolute Gasteiger partial charge is 0.239 e. The van der Waals surface area contributed by atoms with E-state index in [0.717, 1.165) is 38.8 Å². The molecule has 3 aromatic rings. The number of hydrogen-bond donors (Lipinski definition) is 3. The van der Waals surface area contributed by atoms with Gasteiger partial charge < -0.3 is 30.5 Å². The molecule has 42 heavy (non-hydrogen) atoms. The van der Waals surface area contributed by atoms with E-state index in [1.165, 1.54) is 35.0 Å². The second-order valence-corrected chi connectivity index (χ2v) is 9.94. The van der Waals surface area contributed by atoms with Crippen LogP contribution in [0.1, 0.15) is 0 Å². The standard InChI is InChI=1S/C28H34F2N8O4/c1-41-24-13-20-22(14-25(24)42-12-10-36-7-5-35(6-8-36)9-11-39)32-18-38(23-4-2-3-21(29)27(23)30)28(20)34-19-15-33-37(16-19)17-26(31)40/h2-4,13-16,34,39H,5-12,17-18H2,1H3,(H2,31,40). The highest BCUT2D eigenvalue weighted by molar-refractivity contribution is 5.78. The van der Waals surface area contributed by atoms with Crippen LogP contribution >= 0.6 is 0 Å². The van der Waals surface area contributed by atoms with E-state index in [4.69, 9.17) is 20.3 Å². The van der Waals surface area contributed by atoms with Gasteiger partial charge >= 0.3 is 0 Å². The zero-order valence-electron chi connectivity index (χ0n) is 23.3. The molecule has 0 atom stereocenters. The van der Waals surface area contributed by atoms with Gasteiger partial charge in [0.1, 0.15) is 25.6 Å². The molecule has 1 aromatic heterocycles. The molecule has 2 aliphatic rings. The predicted octanol–water partition coefficient (Wildman–Crippen LogP) is -0.0810. The van der Waals surface area contributed by atoms with Crippen molar-refractivity contribution >= 4 is 23.1 Å². The Labute approximate surface area is 241 Å². The van der Waals surface area contributed by atoms with Crippen LogP contribution in [-0.4, -0.2) is 96.9 Å². The molecule has 14 heteroatoms. The number of nitrogens with two attached hydrogens (primary N) is 1.